The largest absolute Gasteiger partial charge is 0.340 e. The molecule has 0 atom stereocenters. The zero-order valence-corrected chi connectivity index (χ0v) is 11.5. The lowest BCUT2D eigenvalue weighted by molar-refractivity contribution is 0.0796. The van der Waals surface area contributed by atoms with Crippen LogP contribution in [0.15, 0.2) is 12.1 Å². The number of benzene rings is 1. The number of carbonyl (C=O) groups is 1. The van der Waals surface area contributed by atoms with Crippen molar-refractivity contribution in [1.82, 2.24) is 10.2 Å². The molecule has 1 amide bonds. The SMILES string of the molecule is CNCCN(C)C(=O)c1cc(F)c(F)cc1Cl.Cl. The quantitative estimate of drug-likeness (QED) is 0.866. The Morgan fingerprint density at radius 1 is 1.39 bits per heavy atom. The zero-order chi connectivity index (χ0) is 13.0. The first-order chi connectivity index (χ1) is 7.97. The molecule has 1 rings (SSSR count). The van der Waals surface area contributed by atoms with Crippen LogP contribution in [0.5, 0.6) is 0 Å². The number of amides is 1. The second-order valence-corrected chi connectivity index (χ2v) is 3.98. The van der Waals surface area contributed by atoms with E-state index in [0.29, 0.717) is 13.1 Å². The third-order valence-electron chi connectivity index (χ3n) is 2.28. The van der Waals surface area contributed by atoms with Crippen LogP contribution in [0.25, 0.3) is 0 Å². The molecule has 0 aliphatic heterocycles. The minimum absolute atomic E-state index is 0. The van der Waals surface area contributed by atoms with Gasteiger partial charge in [-0.15, -0.1) is 12.4 Å². The Balaban J connectivity index is 0.00000289. The average molecular weight is 299 g/mol. The molecule has 0 aliphatic carbocycles. The first-order valence-corrected chi connectivity index (χ1v) is 5.39. The maximum absolute atomic E-state index is 13.0. The minimum atomic E-state index is -1.08. The van der Waals surface area contributed by atoms with Crippen molar-refractivity contribution in [2.75, 3.05) is 27.2 Å². The molecule has 1 aromatic rings. The van der Waals surface area contributed by atoms with Crippen molar-refractivity contribution in [3.63, 3.8) is 0 Å². The molecule has 0 heterocycles. The summed E-state index contributed by atoms with van der Waals surface area (Å²) in [6.07, 6.45) is 0. The molecule has 7 heteroatoms. The van der Waals surface area contributed by atoms with E-state index in [1.54, 1.807) is 14.1 Å². The molecule has 1 N–H and O–H groups in total. The second kappa shape index (κ2) is 7.51. The van der Waals surface area contributed by atoms with Gasteiger partial charge in [-0.3, -0.25) is 4.79 Å². The number of carbonyl (C=O) groups excluding carboxylic acids is 1. The van der Waals surface area contributed by atoms with E-state index in [0.717, 1.165) is 12.1 Å². The number of likely N-dealkylation sites (N-methyl/N-ethyl adjacent to an activating group) is 2. The van der Waals surface area contributed by atoms with Gasteiger partial charge in [0, 0.05) is 20.1 Å². The number of halogens is 4. The predicted molar refractivity (Wildman–Crippen MR) is 69.5 cm³/mol. The number of nitrogens with one attached hydrogen (secondary N) is 1. The molecule has 0 radical (unpaired) electrons. The second-order valence-electron chi connectivity index (χ2n) is 3.58. The number of hydrogen-bond acceptors (Lipinski definition) is 2. The van der Waals surface area contributed by atoms with Gasteiger partial charge >= 0.3 is 0 Å². The number of rotatable bonds is 4. The Hall–Kier alpha value is -0.910. The van der Waals surface area contributed by atoms with Crippen LogP contribution in [0.4, 0.5) is 8.78 Å². The van der Waals surface area contributed by atoms with E-state index in [9.17, 15) is 13.6 Å². The number of nitrogens with zero attached hydrogens (tertiary/aromatic N) is 1. The smallest absolute Gasteiger partial charge is 0.255 e. The Labute approximate surface area is 116 Å². The van der Waals surface area contributed by atoms with E-state index in [1.165, 1.54) is 4.90 Å². The molecule has 18 heavy (non-hydrogen) atoms. The van der Waals surface area contributed by atoms with Crippen LogP contribution >= 0.6 is 24.0 Å². The molecule has 0 unspecified atom stereocenters. The van der Waals surface area contributed by atoms with Crippen LogP contribution in [0.3, 0.4) is 0 Å². The summed E-state index contributed by atoms with van der Waals surface area (Å²) in [5, 5.41) is 2.79. The van der Waals surface area contributed by atoms with Crippen LogP contribution in [-0.4, -0.2) is 38.0 Å². The first-order valence-electron chi connectivity index (χ1n) is 5.02. The topological polar surface area (TPSA) is 32.3 Å². The number of hydrogen-bond donors (Lipinski definition) is 1. The first kappa shape index (κ1) is 17.1. The molecule has 0 spiro atoms. The van der Waals surface area contributed by atoms with Crippen LogP contribution in [0.1, 0.15) is 10.4 Å². The van der Waals surface area contributed by atoms with Gasteiger partial charge < -0.3 is 10.2 Å². The van der Waals surface area contributed by atoms with Crippen molar-refractivity contribution in [3.05, 3.63) is 34.4 Å². The molecule has 0 fully saturated rings. The maximum atomic E-state index is 13.0. The van der Waals surface area contributed by atoms with E-state index >= 15 is 0 Å². The fourth-order valence-corrected chi connectivity index (χ4v) is 1.50. The highest BCUT2D eigenvalue weighted by molar-refractivity contribution is 6.33. The Bertz CT molecular complexity index is 430. The molecule has 1 aromatic carbocycles. The minimum Gasteiger partial charge on any atom is -0.340 e. The summed E-state index contributed by atoms with van der Waals surface area (Å²) in [6, 6.07) is 1.62. The molecule has 0 aliphatic rings. The van der Waals surface area contributed by atoms with Gasteiger partial charge in [-0.2, -0.15) is 0 Å². The highest BCUT2D eigenvalue weighted by Gasteiger charge is 2.17. The molecular formula is C11H14Cl2F2N2O. The summed E-state index contributed by atoms with van der Waals surface area (Å²) in [6.45, 7) is 1.05. The summed E-state index contributed by atoms with van der Waals surface area (Å²) >= 11 is 5.70. The van der Waals surface area contributed by atoms with Crippen LogP contribution in [0.2, 0.25) is 5.02 Å². The van der Waals surface area contributed by atoms with Gasteiger partial charge in [-0.05, 0) is 19.2 Å². The Kier molecular flexibility index (Phi) is 7.13. The normalized spacial score (nSPS) is 9.83. The summed E-state index contributed by atoms with van der Waals surface area (Å²) in [5.41, 5.74) is -0.0378. The lowest BCUT2D eigenvalue weighted by atomic mass is 10.2. The van der Waals surface area contributed by atoms with Crippen molar-refractivity contribution in [1.29, 1.82) is 0 Å². The van der Waals surface area contributed by atoms with E-state index in [-0.39, 0.29) is 23.0 Å². The fourth-order valence-electron chi connectivity index (χ4n) is 1.27. The standard InChI is InChI=1S/C11H13ClF2N2O.ClH/c1-15-3-4-16(2)11(17)7-5-9(13)10(14)6-8(7)12;/h5-6,15H,3-4H2,1-2H3;1H. The summed E-state index contributed by atoms with van der Waals surface area (Å²) in [7, 11) is 3.32. The van der Waals surface area contributed by atoms with Crippen molar-refractivity contribution in [3.8, 4) is 0 Å². The van der Waals surface area contributed by atoms with Gasteiger partial charge in [-0.1, -0.05) is 11.6 Å². The molecule has 0 bridgehead atoms. The van der Waals surface area contributed by atoms with E-state index < -0.39 is 17.5 Å². The van der Waals surface area contributed by atoms with Gasteiger partial charge in [0.15, 0.2) is 11.6 Å². The molecule has 3 nitrogen and oxygen atoms in total. The highest BCUT2D eigenvalue weighted by atomic mass is 35.5. The molecule has 0 aromatic heterocycles. The van der Waals surface area contributed by atoms with Gasteiger partial charge in [0.05, 0.1) is 10.6 Å². The Morgan fingerprint density at radius 3 is 2.50 bits per heavy atom. The van der Waals surface area contributed by atoms with Gasteiger partial charge in [0.1, 0.15) is 0 Å². The van der Waals surface area contributed by atoms with Gasteiger partial charge in [0.2, 0.25) is 0 Å². The summed E-state index contributed by atoms with van der Waals surface area (Å²) in [5.74, 6) is -2.59. The molecular weight excluding hydrogens is 285 g/mol. The van der Waals surface area contributed by atoms with Gasteiger partial charge in [0.25, 0.3) is 5.91 Å². The third-order valence-corrected chi connectivity index (χ3v) is 2.60. The molecule has 102 valence electrons. The van der Waals surface area contributed by atoms with Crippen molar-refractivity contribution in [2.45, 2.75) is 0 Å². The van der Waals surface area contributed by atoms with Gasteiger partial charge in [-0.25, -0.2) is 8.78 Å². The summed E-state index contributed by atoms with van der Waals surface area (Å²) in [4.78, 5) is 13.2. The lowest BCUT2D eigenvalue weighted by Crippen LogP contribution is -2.33. The van der Waals surface area contributed by atoms with E-state index in [2.05, 4.69) is 5.32 Å². The fraction of sp³-hybridized carbons (Fsp3) is 0.364. The zero-order valence-electron chi connectivity index (χ0n) is 9.97. The predicted octanol–water partition coefficient (Wildman–Crippen LogP) is 2.33. The van der Waals surface area contributed by atoms with Crippen LogP contribution in [-0.2, 0) is 0 Å². The third kappa shape index (κ3) is 4.08. The maximum Gasteiger partial charge on any atom is 0.255 e. The van der Waals surface area contributed by atoms with E-state index in [1.807, 2.05) is 0 Å². The molecule has 0 saturated heterocycles. The van der Waals surface area contributed by atoms with Crippen molar-refractivity contribution in [2.24, 2.45) is 0 Å². The average Bonchev–Trinajstić information content (AvgIpc) is 2.29. The van der Waals surface area contributed by atoms with Crippen molar-refractivity contribution >= 4 is 29.9 Å². The summed E-state index contributed by atoms with van der Waals surface area (Å²) < 4.78 is 25.9. The van der Waals surface area contributed by atoms with E-state index in [4.69, 9.17) is 11.6 Å². The lowest BCUT2D eigenvalue weighted by Gasteiger charge is -2.17. The monoisotopic (exact) mass is 298 g/mol. The Morgan fingerprint density at radius 2 is 1.94 bits per heavy atom. The highest BCUT2D eigenvalue weighted by Crippen LogP contribution is 2.21. The molecule has 0 saturated carbocycles. The van der Waals surface area contributed by atoms with Crippen LogP contribution < -0.4 is 5.32 Å². The van der Waals surface area contributed by atoms with Crippen molar-refractivity contribution < 1.29 is 13.6 Å². The van der Waals surface area contributed by atoms with Crippen LogP contribution in [0, 0.1) is 11.6 Å².